The summed E-state index contributed by atoms with van der Waals surface area (Å²) < 4.78 is 6.00. The number of carbonyl (C=O) groups excluding carboxylic acids is 2. The Hall–Kier alpha value is -2.82. The zero-order valence-corrected chi connectivity index (χ0v) is 18.6. The molecular formula is C25H32N2O3. The number of benzene rings is 2. The Morgan fingerprint density at radius 2 is 1.70 bits per heavy atom. The Morgan fingerprint density at radius 3 is 2.37 bits per heavy atom. The number of para-hydroxylation sites is 1. The van der Waals surface area contributed by atoms with Gasteiger partial charge in [-0.15, -0.1) is 0 Å². The summed E-state index contributed by atoms with van der Waals surface area (Å²) >= 11 is 0. The second-order valence-electron chi connectivity index (χ2n) is 8.43. The summed E-state index contributed by atoms with van der Waals surface area (Å²) in [5.41, 5.74) is 4.12. The molecule has 2 aromatic carbocycles. The van der Waals surface area contributed by atoms with Crippen LogP contribution in [-0.4, -0.2) is 35.9 Å². The van der Waals surface area contributed by atoms with Gasteiger partial charge < -0.3 is 15.0 Å². The molecule has 2 aromatic rings. The number of aryl methyl sites for hydroxylation is 2. The van der Waals surface area contributed by atoms with Crippen LogP contribution in [0.3, 0.4) is 0 Å². The Kier molecular flexibility index (Phi) is 6.80. The Balaban J connectivity index is 1.77. The predicted molar refractivity (Wildman–Crippen MR) is 120 cm³/mol. The third kappa shape index (κ3) is 4.84. The van der Waals surface area contributed by atoms with Gasteiger partial charge in [-0.25, -0.2) is 0 Å². The molecule has 0 radical (unpaired) electrons. The molecule has 1 aliphatic rings. The van der Waals surface area contributed by atoms with Gasteiger partial charge in [0.2, 0.25) is 0 Å². The molecular weight excluding hydrogens is 376 g/mol. The van der Waals surface area contributed by atoms with Crippen LogP contribution >= 0.6 is 0 Å². The molecule has 3 rings (SSSR count). The van der Waals surface area contributed by atoms with Crippen molar-refractivity contribution in [1.82, 2.24) is 4.90 Å². The highest BCUT2D eigenvalue weighted by atomic mass is 16.5. The average Bonchev–Trinajstić information content (AvgIpc) is 3.25. The van der Waals surface area contributed by atoms with Crippen LogP contribution in [-0.2, 0) is 4.79 Å². The number of ether oxygens (including phenoxy) is 1. The van der Waals surface area contributed by atoms with Crippen molar-refractivity contribution in [3.8, 4) is 5.75 Å². The highest BCUT2D eigenvalue weighted by Gasteiger charge is 2.25. The van der Waals surface area contributed by atoms with Gasteiger partial charge in [0, 0.05) is 13.1 Å². The molecule has 5 heteroatoms. The molecule has 1 saturated heterocycles. The summed E-state index contributed by atoms with van der Waals surface area (Å²) in [5, 5.41) is 2.95. The SMILES string of the molecule is Cc1ccc(C(C)C)cc1OC(C)C(=O)Nc1c(C)cccc1C(=O)N1CCCC1. The zero-order valence-electron chi connectivity index (χ0n) is 18.6. The Bertz CT molecular complexity index is 930. The number of hydrogen-bond acceptors (Lipinski definition) is 3. The average molecular weight is 409 g/mol. The van der Waals surface area contributed by atoms with E-state index in [1.165, 1.54) is 5.56 Å². The van der Waals surface area contributed by atoms with Gasteiger partial charge in [0.05, 0.1) is 11.3 Å². The van der Waals surface area contributed by atoms with E-state index in [1.54, 1.807) is 13.0 Å². The van der Waals surface area contributed by atoms with Crippen molar-refractivity contribution in [2.45, 2.75) is 59.5 Å². The highest BCUT2D eigenvalue weighted by molar-refractivity contribution is 6.05. The topological polar surface area (TPSA) is 58.6 Å². The molecule has 1 unspecified atom stereocenters. The minimum absolute atomic E-state index is 0.0273. The van der Waals surface area contributed by atoms with Crippen LogP contribution in [0.1, 0.15) is 66.6 Å². The Labute approximate surface area is 179 Å². The van der Waals surface area contributed by atoms with Crippen LogP contribution < -0.4 is 10.1 Å². The molecule has 1 fully saturated rings. The third-order valence-electron chi connectivity index (χ3n) is 5.70. The second-order valence-corrected chi connectivity index (χ2v) is 8.43. The van der Waals surface area contributed by atoms with Gasteiger partial charge >= 0.3 is 0 Å². The van der Waals surface area contributed by atoms with Gasteiger partial charge in [-0.1, -0.05) is 38.1 Å². The minimum atomic E-state index is -0.694. The lowest BCUT2D eigenvalue weighted by molar-refractivity contribution is -0.122. The fourth-order valence-electron chi connectivity index (χ4n) is 3.67. The first-order chi connectivity index (χ1) is 14.3. The van der Waals surface area contributed by atoms with Crippen molar-refractivity contribution in [2.24, 2.45) is 0 Å². The molecule has 0 aromatic heterocycles. The largest absolute Gasteiger partial charge is 0.481 e. The summed E-state index contributed by atoms with van der Waals surface area (Å²) in [6.45, 7) is 11.4. The number of rotatable bonds is 6. The molecule has 1 aliphatic heterocycles. The van der Waals surface area contributed by atoms with Crippen LogP contribution in [0.2, 0.25) is 0 Å². The van der Waals surface area contributed by atoms with Crippen molar-refractivity contribution in [3.05, 3.63) is 58.7 Å². The van der Waals surface area contributed by atoms with Gasteiger partial charge in [0.1, 0.15) is 5.75 Å². The van der Waals surface area contributed by atoms with Crippen LogP contribution in [0, 0.1) is 13.8 Å². The summed E-state index contributed by atoms with van der Waals surface area (Å²) in [6.07, 6.45) is 1.36. The molecule has 1 heterocycles. The first-order valence-electron chi connectivity index (χ1n) is 10.7. The van der Waals surface area contributed by atoms with Crippen molar-refractivity contribution in [1.29, 1.82) is 0 Å². The van der Waals surface area contributed by atoms with Gasteiger partial charge in [-0.3, -0.25) is 9.59 Å². The number of likely N-dealkylation sites (tertiary alicyclic amines) is 1. The van der Waals surface area contributed by atoms with Crippen LogP contribution in [0.25, 0.3) is 0 Å². The van der Waals surface area contributed by atoms with Gasteiger partial charge in [0.15, 0.2) is 6.10 Å². The maximum atomic E-state index is 13.0. The standard InChI is InChI=1S/C25H32N2O3/c1-16(2)20-12-11-17(3)22(15-20)30-19(5)24(28)26-23-18(4)9-8-10-21(23)25(29)27-13-6-7-14-27/h8-12,15-16,19H,6-7,13-14H2,1-5H3,(H,26,28). The number of nitrogens with one attached hydrogen (secondary N) is 1. The number of hydrogen-bond donors (Lipinski definition) is 1. The molecule has 160 valence electrons. The number of amides is 2. The normalized spacial score (nSPS) is 14.7. The lowest BCUT2D eigenvalue weighted by Gasteiger charge is -2.21. The Morgan fingerprint density at radius 1 is 1.00 bits per heavy atom. The van der Waals surface area contributed by atoms with Crippen LogP contribution in [0.5, 0.6) is 5.75 Å². The lowest BCUT2D eigenvalue weighted by Crippen LogP contribution is -2.33. The molecule has 0 aliphatic carbocycles. The van der Waals surface area contributed by atoms with Gasteiger partial charge in [-0.2, -0.15) is 0 Å². The van der Waals surface area contributed by atoms with Crippen molar-refractivity contribution in [2.75, 3.05) is 18.4 Å². The molecule has 0 saturated carbocycles. The highest BCUT2D eigenvalue weighted by Crippen LogP contribution is 2.27. The molecule has 2 amide bonds. The van der Waals surface area contributed by atoms with Crippen molar-refractivity contribution >= 4 is 17.5 Å². The minimum Gasteiger partial charge on any atom is -0.481 e. The molecule has 0 spiro atoms. The summed E-state index contributed by atoms with van der Waals surface area (Å²) in [4.78, 5) is 27.7. The predicted octanol–water partition coefficient (Wildman–Crippen LogP) is 5.07. The van der Waals surface area contributed by atoms with E-state index in [1.807, 2.05) is 43.0 Å². The van der Waals surface area contributed by atoms with E-state index in [2.05, 4.69) is 25.2 Å². The van der Waals surface area contributed by atoms with E-state index < -0.39 is 6.10 Å². The van der Waals surface area contributed by atoms with Crippen molar-refractivity contribution < 1.29 is 14.3 Å². The van der Waals surface area contributed by atoms with Crippen LogP contribution in [0.4, 0.5) is 5.69 Å². The van der Waals surface area contributed by atoms with E-state index in [4.69, 9.17) is 4.74 Å². The molecule has 30 heavy (non-hydrogen) atoms. The van der Waals surface area contributed by atoms with E-state index in [0.717, 1.165) is 37.1 Å². The quantitative estimate of drug-likeness (QED) is 0.726. The summed E-state index contributed by atoms with van der Waals surface area (Å²) in [7, 11) is 0. The summed E-state index contributed by atoms with van der Waals surface area (Å²) in [6, 6.07) is 11.6. The maximum absolute atomic E-state index is 13.0. The van der Waals surface area contributed by atoms with Gasteiger partial charge in [-0.05, 0) is 68.4 Å². The first-order valence-corrected chi connectivity index (χ1v) is 10.7. The second kappa shape index (κ2) is 9.33. The van der Waals surface area contributed by atoms with Gasteiger partial charge in [0.25, 0.3) is 11.8 Å². The molecule has 0 bridgehead atoms. The fourth-order valence-corrected chi connectivity index (χ4v) is 3.67. The van der Waals surface area contributed by atoms with E-state index in [0.29, 0.717) is 22.9 Å². The number of nitrogens with zero attached hydrogens (tertiary/aromatic N) is 1. The molecule has 5 nitrogen and oxygen atoms in total. The first kappa shape index (κ1) is 21.9. The molecule has 1 atom stereocenters. The molecule has 1 N–H and O–H groups in total. The monoisotopic (exact) mass is 408 g/mol. The fraction of sp³-hybridized carbons (Fsp3) is 0.440. The summed E-state index contributed by atoms with van der Waals surface area (Å²) in [5.74, 6) is 0.792. The third-order valence-corrected chi connectivity index (χ3v) is 5.70. The zero-order chi connectivity index (χ0) is 21.8. The maximum Gasteiger partial charge on any atom is 0.265 e. The van der Waals surface area contributed by atoms with E-state index >= 15 is 0 Å². The number of anilines is 1. The van der Waals surface area contributed by atoms with Crippen LogP contribution in [0.15, 0.2) is 36.4 Å². The van der Waals surface area contributed by atoms with E-state index in [9.17, 15) is 9.59 Å². The smallest absolute Gasteiger partial charge is 0.265 e. The lowest BCUT2D eigenvalue weighted by atomic mass is 10.0. The van der Waals surface area contributed by atoms with Crippen molar-refractivity contribution in [3.63, 3.8) is 0 Å². The van der Waals surface area contributed by atoms with E-state index in [-0.39, 0.29) is 11.8 Å². The number of carbonyl (C=O) groups is 2.